The molecule has 0 aromatic heterocycles. The second kappa shape index (κ2) is 6.51. The zero-order valence-corrected chi connectivity index (χ0v) is 14.2. The fraction of sp³-hybridized carbons (Fsp3) is 0.250. The fourth-order valence-corrected chi connectivity index (χ4v) is 2.71. The van der Waals surface area contributed by atoms with Crippen LogP contribution in [0.25, 0.3) is 0 Å². The molecule has 1 N–H and O–H groups in total. The van der Waals surface area contributed by atoms with E-state index in [9.17, 15) is 0 Å². The van der Waals surface area contributed by atoms with Crippen LogP contribution in [0.5, 0.6) is 0 Å². The fourth-order valence-electron chi connectivity index (χ4n) is 1.93. The summed E-state index contributed by atoms with van der Waals surface area (Å²) in [7, 11) is 3.97. The van der Waals surface area contributed by atoms with Gasteiger partial charge in [-0.25, -0.2) is 0 Å². The number of aryl methyl sites for hydroxylation is 1. The van der Waals surface area contributed by atoms with Crippen molar-refractivity contribution < 1.29 is 0 Å². The highest BCUT2D eigenvalue weighted by molar-refractivity contribution is 9.10. The Bertz CT molecular complexity index is 611. The van der Waals surface area contributed by atoms with Gasteiger partial charge in [-0.2, -0.15) is 0 Å². The number of benzene rings is 2. The van der Waals surface area contributed by atoms with Crippen molar-refractivity contribution in [2.75, 3.05) is 24.3 Å². The SMILES string of the molecule is Cc1ccc(CNc2ccc(N(C)C)c(Cl)c2)cc1Br. The molecule has 0 fully saturated rings. The molecular formula is C16H18BrClN2. The number of hydrogen-bond donors (Lipinski definition) is 1. The van der Waals surface area contributed by atoms with Crippen LogP contribution in [-0.2, 0) is 6.54 Å². The molecule has 0 saturated carbocycles. The van der Waals surface area contributed by atoms with Gasteiger partial charge in [-0.3, -0.25) is 0 Å². The Morgan fingerprint density at radius 2 is 1.90 bits per heavy atom. The van der Waals surface area contributed by atoms with Crippen LogP contribution in [0.2, 0.25) is 5.02 Å². The smallest absolute Gasteiger partial charge is 0.0659 e. The lowest BCUT2D eigenvalue weighted by atomic mass is 10.1. The molecule has 0 atom stereocenters. The lowest BCUT2D eigenvalue weighted by Gasteiger charge is -2.16. The molecule has 0 radical (unpaired) electrons. The molecule has 0 saturated heterocycles. The summed E-state index contributed by atoms with van der Waals surface area (Å²) in [6, 6.07) is 12.4. The summed E-state index contributed by atoms with van der Waals surface area (Å²) in [5.74, 6) is 0. The van der Waals surface area contributed by atoms with Crippen molar-refractivity contribution in [2.45, 2.75) is 13.5 Å². The molecule has 2 aromatic rings. The van der Waals surface area contributed by atoms with Crippen LogP contribution in [0, 0.1) is 6.92 Å². The first-order valence-electron chi connectivity index (χ1n) is 6.43. The minimum Gasteiger partial charge on any atom is -0.381 e. The quantitative estimate of drug-likeness (QED) is 0.823. The third-order valence-corrected chi connectivity index (χ3v) is 4.32. The van der Waals surface area contributed by atoms with Crippen LogP contribution in [0.1, 0.15) is 11.1 Å². The molecule has 2 aromatic carbocycles. The maximum atomic E-state index is 6.26. The Morgan fingerprint density at radius 1 is 1.15 bits per heavy atom. The van der Waals surface area contributed by atoms with Gasteiger partial charge in [0.2, 0.25) is 0 Å². The molecule has 0 amide bonds. The molecule has 2 rings (SSSR count). The van der Waals surface area contributed by atoms with Crippen LogP contribution in [0.15, 0.2) is 40.9 Å². The van der Waals surface area contributed by atoms with Gasteiger partial charge in [-0.1, -0.05) is 39.7 Å². The highest BCUT2D eigenvalue weighted by Crippen LogP contribution is 2.27. The Labute approximate surface area is 133 Å². The van der Waals surface area contributed by atoms with Crippen LogP contribution >= 0.6 is 27.5 Å². The van der Waals surface area contributed by atoms with Gasteiger partial charge in [0.05, 0.1) is 10.7 Å². The van der Waals surface area contributed by atoms with E-state index in [4.69, 9.17) is 11.6 Å². The second-order valence-corrected chi connectivity index (χ2v) is 6.26. The van der Waals surface area contributed by atoms with E-state index in [0.717, 1.165) is 27.4 Å². The second-order valence-electron chi connectivity index (χ2n) is 5.00. The predicted molar refractivity (Wildman–Crippen MR) is 92.0 cm³/mol. The Hall–Kier alpha value is -1.19. The van der Waals surface area contributed by atoms with Crippen molar-refractivity contribution in [2.24, 2.45) is 0 Å². The largest absolute Gasteiger partial charge is 0.381 e. The first-order chi connectivity index (χ1) is 9.47. The third-order valence-electron chi connectivity index (χ3n) is 3.16. The van der Waals surface area contributed by atoms with Crippen molar-refractivity contribution in [3.8, 4) is 0 Å². The topological polar surface area (TPSA) is 15.3 Å². The molecule has 0 aliphatic carbocycles. The van der Waals surface area contributed by atoms with E-state index >= 15 is 0 Å². The van der Waals surface area contributed by atoms with Gasteiger partial charge < -0.3 is 10.2 Å². The molecule has 0 unspecified atom stereocenters. The van der Waals surface area contributed by atoms with Crippen molar-refractivity contribution in [3.05, 3.63) is 57.0 Å². The molecule has 0 aliphatic heterocycles. The monoisotopic (exact) mass is 352 g/mol. The van der Waals surface area contributed by atoms with E-state index in [1.165, 1.54) is 11.1 Å². The van der Waals surface area contributed by atoms with Gasteiger partial charge in [0.15, 0.2) is 0 Å². The van der Waals surface area contributed by atoms with E-state index in [1.54, 1.807) is 0 Å². The van der Waals surface area contributed by atoms with Crippen LogP contribution in [0.3, 0.4) is 0 Å². The minimum absolute atomic E-state index is 0.755. The lowest BCUT2D eigenvalue weighted by Crippen LogP contribution is -2.09. The van der Waals surface area contributed by atoms with Gasteiger partial charge in [0.1, 0.15) is 0 Å². The van der Waals surface area contributed by atoms with Crippen LogP contribution in [0.4, 0.5) is 11.4 Å². The Balaban J connectivity index is 2.07. The molecule has 0 bridgehead atoms. The standard InChI is InChI=1S/C16H18BrClN2/c1-11-4-5-12(8-14(11)17)10-19-13-6-7-16(20(2)3)15(18)9-13/h4-9,19H,10H2,1-3H3. The van der Waals surface area contributed by atoms with Crippen molar-refractivity contribution in [3.63, 3.8) is 0 Å². The zero-order valence-electron chi connectivity index (χ0n) is 11.9. The molecule has 0 heterocycles. The summed E-state index contributed by atoms with van der Waals surface area (Å²) in [6.07, 6.45) is 0. The van der Waals surface area contributed by atoms with E-state index in [0.29, 0.717) is 0 Å². The first-order valence-corrected chi connectivity index (χ1v) is 7.60. The highest BCUT2D eigenvalue weighted by Gasteiger charge is 2.04. The molecule has 2 nitrogen and oxygen atoms in total. The van der Waals surface area contributed by atoms with E-state index in [-0.39, 0.29) is 0 Å². The summed E-state index contributed by atoms with van der Waals surface area (Å²) in [4.78, 5) is 2.00. The maximum absolute atomic E-state index is 6.26. The number of anilines is 2. The zero-order chi connectivity index (χ0) is 14.7. The lowest BCUT2D eigenvalue weighted by molar-refractivity contribution is 1.12. The van der Waals surface area contributed by atoms with Crippen molar-refractivity contribution in [1.82, 2.24) is 0 Å². The summed E-state index contributed by atoms with van der Waals surface area (Å²) in [6.45, 7) is 2.86. The normalized spacial score (nSPS) is 10.4. The molecular weight excluding hydrogens is 336 g/mol. The average molecular weight is 354 g/mol. The van der Waals surface area contributed by atoms with Gasteiger partial charge >= 0.3 is 0 Å². The molecule has 0 spiro atoms. The number of rotatable bonds is 4. The van der Waals surface area contributed by atoms with Crippen LogP contribution < -0.4 is 10.2 Å². The van der Waals surface area contributed by atoms with Gasteiger partial charge in [0.25, 0.3) is 0 Å². The van der Waals surface area contributed by atoms with Gasteiger partial charge in [0, 0.05) is 30.8 Å². The number of hydrogen-bond acceptors (Lipinski definition) is 2. The summed E-state index contributed by atoms with van der Waals surface area (Å²) >= 11 is 9.82. The van der Waals surface area contributed by atoms with Crippen molar-refractivity contribution in [1.29, 1.82) is 0 Å². The van der Waals surface area contributed by atoms with Crippen molar-refractivity contribution >= 4 is 38.9 Å². The van der Waals surface area contributed by atoms with Gasteiger partial charge in [-0.05, 0) is 42.3 Å². The number of nitrogens with one attached hydrogen (secondary N) is 1. The Morgan fingerprint density at radius 3 is 2.50 bits per heavy atom. The maximum Gasteiger partial charge on any atom is 0.0659 e. The predicted octanol–water partition coefficient (Wildman–Crippen LogP) is 5.09. The summed E-state index contributed by atoms with van der Waals surface area (Å²) in [5, 5.41) is 4.15. The third kappa shape index (κ3) is 3.68. The summed E-state index contributed by atoms with van der Waals surface area (Å²) in [5.41, 5.74) is 4.52. The van der Waals surface area contributed by atoms with Gasteiger partial charge in [-0.15, -0.1) is 0 Å². The highest BCUT2D eigenvalue weighted by atomic mass is 79.9. The summed E-state index contributed by atoms with van der Waals surface area (Å²) < 4.78 is 1.14. The molecule has 4 heteroatoms. The first kappa shape index (κ1) is 15.2. The van der Waals surface area contributed by atoms with E-state index in [1.807, 2.05) is 37.2 Å². The number of nitrogens with zero attached hydrogens (tertiary/aromatic N) is 1. The minimum atomic E-state index is 0.755. The molecule has 106 valence electrons. The van der Waals surface area contributed by atoms with Crippen LogP contribution in [-0.4, -0.2) is 14.1 Å². The molecule has 20 heavy (non-hydrogen) atoms. The van der Waals surface area contributed by atoms with E-state index < -0.39 is 0 Å². The molecule has 0 aliphatic rings. The average Bonchev–Trinajstić information content (AvgIpc) is 2.40. The number of halogens is 2. The Kier molecular flexibility index (Phi) is 4.95. The van der Waals surface area contributed by atoms with E-state index in [2.05, 4.69) is 46.4 Å².